The zero-order chi connectivity index (χ0) is 19.7. The van der Waals surface area contributed by atoms with Gasteiger partial charge in [-0.1, -0.05) is 12.2 Å². The number of aromatic nitrogens is 1. The summed E-state index contributed by atoms with van der Waals surface area (Å²) < 4.78 is 1.85. The summed E-state index contributed by atoms with van der Waals surface area (Å²) in [5, 5.41) is 19.9. The van der Waals surface area contributed by atoms with Crippen LogP contribution in [0.3, 0.4) is 0 Å². The van der Waals surface area contributed by atoms with Crippen molar-refractivity contribution in [3.05, 3.63) is 47.7 Å². The van der Waals surface area contributed by atoms with Gasteiger partial charge in [-0.15, -0.1) is 0 Å². The van der Waals surface area contributed by atoms with Gasteiger partial charge in [-0.05, 0) is 25.1 Å². The van der Waals surface area contributed by atoms with Gasteiger partial charge in [0.05, 0.1) is 5.56 Å². The number of benzene rings is 1. The predicted molar refractivity (Wildman–Crippen MR) is 103 cm³/mol. The molecule has 27 heavy (non-hydrogen) atoms. The van der Waals surface area contributed by atoms with E-state index in [9.17, 15) is 19.8 Å². The van der Waals surface area contributed by atoms with Gasteiger partial charge in [0.15, 0.2) is 0 Å². The van der Waals surface area contributed by atoms with Gasteiger partial charge in [-0.3, -0.25) is 14.6 Å². The number of aromatic carboxylic acids is 1. The molecule has 2 aromatic rings. The third-order valence-corrected chi connectivity index (χ3v) is 5.06. The fourth-order valence-electron chi connectivity index (χ4n) is 3.82. The second kappa shape index (κ2) is 7.54. The van der Waals surface area contributed by atoms with Gasteiger partial charge in [-0.25, -0.2) is 4.79 Å². The van der Waals surface area contributed by atoms with E-state index in [1.165, 1.54) is 0 Å². The van der Waals surface area contributed by atoms with E-state index in [2.05, 4.69) is 11.5 Å². The normalized spacial score (nSPS) is 17.1. The van der Waals surface area contributed by atoms with Crippen molar-refractivity contribution in [2.24, 2.45) is 7.05 Å². The molecule has 0 aliphatic carbocycles. The maximum absolute atomic E-state index is 12.1. The molecule has 1 aliphatic rings. The van der Waals surface area contributed by atoms with Crippen LogP contribution in [-0.2, 0) is 11.8 Å². The van der Waals surface area contributed by atoms with Crippen LogP contribution in [0.5, 0.6) is 0 Å². The van der Waals surface area contributed by atoms with Crippen LogP contribution in [0.25, 0.3) is 10.9 Å². The molecule has 2 N–H and O–H groups in total. The van der Waals surface area contributed by atoms with E-state index in [1.54, 1.807) is 24.4 Å². The highest BCUT2D eigenvalue weighted by atomic mass is 16.4. The number of hydrogen-bond acceptors (Lipinski definition) is 4. The molecule has 0 radical (unpaired) electrons. The van der Waals surface area contributed by atoms with Gasteiger partial charge in [0, 0.05) is 62.4 Å². The third-order valence-electron chi connectivity index (χ3n) is 5.06. The fourth-order valence-corrected chi connectivity index (χ4v) is 3.82. The van der Waals surface area contributed by atoms with E-state index >= 15 is 0 Å². The first-order chi connectivity index (χ1) is 12.8. The van der Waals surface area contributed by atoms with Crippen molar-refractivity contribution < 1.29 is 19.8 Å². The maximum Gasteiger partial charge on any atom is 0.335 e. The lowest BCUT2D eigenvalue weighted by Crippen LogP contribution is -2.49. The Bertz CT molecular complexity index is 894. The fraction of sp³-hybridized carbons (Fsp3) is 0.400. The summed E-state index contributed by atoms with van der Waals surface area (Å²) in [6, 6.07) is 4.04. The molecule has 0 saturated carbocycles. The molecule has 1 saturated heterocycles. The van der Waals surface area contributed by atoms with E-state index in [0.717, 1.165) is 30.7 Å². The van der Waals surface area contributed by atoms with Crippen molar-refractivity contribution in [1.82, 2.24) is 14.4 Å². The Morgan fingerprint density at radius 3 is 2.41 bits per heavy atom. The maximum atomic E-state index is 12.1. The molecule has 1 aromatic carbocycles. The monoisotopic (exact) mass is 371 g/mol. The number of aliphatic carboxylic acids is 1. The third kappa shape index (κ3) is 3.89. The minimum atomic E-state index is -1.02. The summed E-state index contributed by atoms with van der Waals surface area (Å²) in [7, 11) is 1.84. The second-order valence-corrected chi connectivity index (χ2v) is 7.24. The summed E-state index contributed by atoms with van der Waals surface area (Å²) in [5.74, 6) is -1.94. The van der Waals surface area contributed by atoms with Crippen LogP contribution >= 0.6 is 0 Å². The Balaban J connectivity index is 1.94. The highest BCUT2D eigenvalue weighted by Crippen LogP contribution is 2.31. The predicted octanol–water partition coefficient (Wildman–Crippen LogP) is 2.20. The molecule has 1 fully saturated rings. The number of aryl methyl sites for hydroxylation is 1. The average molecular weight is 371 g/mol. The largest absolute Gasteiger partial charge is 0.480 e. The molecule has 7 heteroatoms. The first-order valence-corrected chi connectivity index (χ1v) is 8.93. The summed E-state index contributed by atoms with van der Waals surface area (Å²) in [6.07, 6.45) is 1.80. The van der Waals surface area contributed by atoms with Crippen LogP contribution in [0.2, 0.25) is 0 Å². The SMILES string of the molecule is C=C(C)CN1CCN([C@H](C(=O)O)c2cn(C)c3ccc(C(=O)O)cc23)CC1. The minimum Gasteiger partial charge on any atom is -0.480 e. The number of carbonyl (C=O) groups is 2. The van der Waals surface area contributed by atoms with Crippen LogP contribution in [0.1, 0.15) is 28.9 Å². The Labute approximate surface area is 158 Å². The van der Waals surface area contributed by atoms with Crippen molar-refractivity contribution in [2.45, 2.75) is 13.0 Å². The van der Waals surface area contributed by atoms with Crippen LogP contribution in [0.15, 0.2) is 36.5 Å². The molecule has 1 aliphatic heterocycles. The molecule has 2 heterocycles. The van der Waals surface area contributed by atoms with Gasteiger partial charge in [0.1, 0.15) is 6.04 Å². The summed E-state index contributed by atoms with van der Waals surface area (Å²) in [4.78, 5) is 27.7. The van der Waals surface area contributed by atoms with Gasteiger partial charge in [0.2, 0.25) is 0 Å². The van der Waals surface area contributed by atoms with Gasteiger partial charge in [0.25, 0.3) is 0 Å². The quantitative estimate of drug-likeness (QED) is 0.757. The molecular weight excluding hydrogens is 346 g/mol. The highest BCUT2D eigenvalue weighted by Gasteiger charge is 2.32. The zero-order valence-electron chi connectivity index (χ0n) is 15.7. The lowest BCUT2D eigenvalue weighted by Gasteiger charge is -2.37. The van der Waals surface area contributed by atoms with Crippen molar-refractivity contribution in [1.29, 1.82) is 0 Å². The highest BCUT2D eigenvalue weighted by molar-refractivity contribution is 5.96. The van der Waals surface area contributed by atoms with E-state index in [4.69, 9.17) is 0 Å². The topological polar surface area (TPSA) is 86.0 Å². The summed E-state index contributed by atoms with van der Waals surface area (Å²) >= 11 is 0. The van der Waals surface area contributed by atoms with Crippen molar-refractivity contribution in [2.75, 3.05) is 32.7 Å². The molecule has 0 spiro atoms. The van der Waals surface area contributed by atoms with Crippen molar-refractivity contribution >= 4 is 22.8 Å². The van der Waals surface area contributed by atoms with Gasteiger partial charge < -0.3 is 14.8 Å². The average Bonchev–Trinajstić information content (AvgIpc) is 2.92. The number of fused-ring (bicyclic) bond motifs is 1. The summed E-state index contributed by atoms with van der Waals surface area (Å²) in [5.41, 5.74) is 2.71. The number of piperazine rings is 1. The number of hydrogen-bond donors (Lipinski definition) is 2. The number of carboxylic acid groups (broad SMARTS) is 2. The molecule has 1 atom stereocenters. The molecule has 7 nitrogen and oxygen atoms in total. The van der Waals surface area contributed by atoms with Crippen molar-refractivity contribution in [3.8, 4) is 0 Å². The van der Waals surface area contributed by atoms with Crippen LogP contribution in [0.4, 0.5) is 0 Å². The van der Waals surface area contributed by atoms with E-state index in [-0.39, 0.29) is 5.56 Å². The molecule has 3 rings (SSSR count). The molecule has 144 valence electrons. The number of carboxylic acids is 2. The first kappa shape index (κ1) is 19.1. The number of rotatable bonds is 6. The molecular formula is C20H25N3O4. The lowest BCUT2D eigenvalue weighted by atomic mass is 10.0. The molecule has 0 unspecified atom stereocenters. The molecule has 0 bridgehead atoms. The number of nitrogens with zero attached hydrogens (tertiary/aromatic N) is 3. The van der Waals surface area contributed by atoms with Crippen molar-refractivity contribution in [3.63, 3.8) is 0 Å². The van der Waals surface area contributed by atoms with Crippen LogP contribution in [-0.4, -0.2) is 69.2 Å². The Morgan fingerprint density at radius 2 is 1.85 bits per heavy atom. The van der Waals surface area contributed by atoms with E-state index < -0.39 is 18.0 Å². The summed E-state index contributed by atoms with van der Waals surface area (Å²) in [6.45, 7) is 9.58. The Morgan fingerprint density at radius 1 is 1.19 bits per heavy atom. The minimum absolute atomic E-state index is 0.158. The molecule has 1 aromatic heterocycles. The Kier molecular flexibility index (Phi) is 5.34. The molecule has 0 amide bonds. The van der Waals surface area contributed by atoms with E-state index in [0.29, 0.717) is 24.0 Å². The first-order valence-electron chi connectivity index (χ1n) is 8.93. The smallest absolute Gasteiger partial charge is 0.335 e. The van der Waals surface area contributed by atoms with Crippen LogP contribution in [0, 0.1) is 0 Å². The Hall–Kier alpha value is -2.64. The zero-order valence-corrected chi connectivity index (χ0v) is 15.7. The lowest BCUT2D eigenvalue weighted by molar-refractivity contribution is -0.144. The van der Waals surface area contributed by atoms with Gasteiger partial charge >= 0.3 is 11.9 Å². The second-order valence-electron chi connectivity index (χ2n) is 7.24. The van der Waals surface area contributed by atoms with Crippen LogP contribution < -0.4 is 0 Å². The van der Waals surface area contributed by atoms with Gasteiger partial charge in [-0.2, -0.15) is 0 Å². The van der Waals surface area contributed by atoms with E-state index in [1.807, 2.05) is 23.4 Å². The standard InChI is InChI=1S/C20H25N3O4/c1-13(2)11-22-6-8-23(9-7-22)18(20(26)27)16-12-21(3)17-5-4-14(19(24)25)10-15(16)17/h4-5,10,12,18H,1,6-9,11H2,2-3H3,(H,24,25)(H,26,27)/t18-/m0/s1.